The first-order valence-electron chi connectivity index (χ1n) is 7.01. The van der Waals surface area contributed by atoms with E-state index in [-0.39, 0.29) is 26.8 Å². The molecule has 0 aliphatic carbocycles. The largest absolute Gasteiger partial charge is 0.427 e. The first-order valence-corrected chi connectivity index (χ1v) is 8.13. The number of esters is 2. The van der Waals surface area contributed by atoms with E-state index in [0.717, 1.165) is 17.2 Å². The van der Waals surface area contributed by atoms with Gasteiger partial charge in [-0.05, 0) is 42.0 Å². The summed E-state index contributed by atoms with van der Waals surface area (Å²) >= 11 is 3.33. The van der Waals surface area contributed by atoms with Crippen LogP contribution >= 0.6 is 15.9 Å². The van der Waals surface area contributed by atoms with Crippen LogP contribution in [0.5, 0.6) is 11.5 Å². The Kier molecular flexibility index (Phi) is 13.7. The molecule has 0 saturated heterocycles. The average molecular weight is 425 g/mol. The van der Waals surface area contributed by atoms with Crippen molar-refractivity contribution in [2.75, 3.05) is 0 Å². The number of rotatable bonds is 4. The van der Waals surface area contributed by atoms with E-state index < -0.39 is 0 Å². The summed E-state index contributed by atoms with van der Waals surface area (Å²) in [6.45, 7) is 2.71. The Bertz CT molecular complexity index is 678. The molecule has 0 saturated carbocycles. The van der Waals surface area contributed by atoms with E-state index in [0.29, 0.717) is 17.1 Å². The lowest BCUT2D eigenvalue weighted by atomic mass is 10.2. The molecule has 5 nitrogen and oxygen atoms in total. The summed E-state index contributed by atoms with van der Waals surface area (Å²) in [7, 11) is 0. The molecule has 0 bridgehead atoms. The zero-order chi connectivity index (χ0) is 17.9. The molecule has 142 valence electrons. The van der Waals surface area contributed by atoms with Crippen LogP contribution in [0, 0.1) is 0 Å². The van der Waals surface area contributed by atoms with Gasteiger partial charge in [-0.2, -0.15) is 0 Å². The molecule has 2 rings (SSSR count). The Balaban J connectivity index is 0. The number of halogens is 1. The van der Waals surface area contributed by atoms with Gasteiger partial charge in [0.1, 0.15) is 17.8 Å². The molecule has 0 fully saturated rings. The maximum Gasteiger partial charge on any atom is 0.308 e. The molecule has 0 radical (unpaired) electrons. The lowest BCUT2D eigenvalue weighted by Crippen LogP contribution is -2.00. The van der Waals surface area contributed by atoms with Crippen LogP contribution in [-0.2, 0) is 14.9 Å². The van der Waals surface area contributed by atoms with Crippen molar-refractivity contribution in [3.05, 3.63) is 59.7 Å². The highest BCUT2D eigenvalue weighted by molar-refractivity contribution is 9.08. The van der Waals surface area contributed by atoms with E-state index in [1.54, 1.807) is 36.4 Å². The van der Waals surface area contributed by atoms with Crippen molar-refractivity contribution in [1.82, 2.24) is 0 Å². The van der Waals surface area contributed by atoms with Crippen molar-refractivity contribution in [2.24, 2.45) is 0 Å². The second-order valence-corrected chi connectivity index (χ2v) is 5.21. The average Bonchev–Trinajstić information content (AvgIpc) is 2.56. The molecular formula is C20H25BrO5. The van der Waals surface area contributed by atoms with E-state index in [4.69, 9.17) is 9.47 Å². The highest BCUT2D eigenvalue weighted by Crippen LogP contribution is 2.14. The topological polar surface area (TPSA) is 69.7 Å². The third-order valence-electron chi connectivity index (χ3n) is 2.62. The van der Waals surface area contributed by atoms with Crippen molar-refractivity contribution in [2.45, 2.75) is 34.0 Å². The van der Waals surface area contributed by atoms with Crippen LogP contribution in [0.15, 0.2) is 48.5 Å². The molecule has 0 N–H and O–H groups in total. The smallest absolute Gasteiger partial charge is 0.308 e. The molecule has 0 amide bonds. The third-order valence-corrected chi connectivity index (χ3v) is 3.26. The summed E-state index contributed by atoms with van der Waals surface area (Å²) in [6.07, 6.45) is 0.734. The van der Waals surface area contributed by atoms with E-state index >= 15 is 0 Å². The molecule has 0 spiro atoms. The number of ether oxygens (including phenoxy) is 2. The Labute approximate surface area is 163 Å². The van der Waals surface area contributed by atoms with Gasteiger partial charge in [0.25, 0.3) is 0 Å². The summed E-state index contributed by atoms with van der Waals surface area (Å²) in [5.74, 6) is 0.385. The van der Waals surface area contributed by atoms with Gasteiger partial charge in [-0.1, -0.05) is 42.9 Å². The van der Waals surface area contributed by atoms with Crippen molar-refractivity contribution >= 4 is 34.2 Å². The molecule has 0 atom stereocenters. The van der Waals surface area contributed by atoms with E-state index in [1.807, 2.05) is 12.1 Å². The van der Waals surface area contributed by atoms with Gasteiger partial charge >= 0.3 is 11.9 Å². The predicted molar refractivity (Wildman–Crippen MR) is 107 cm³/mol. The number of carbonyl (C=O) groups is 3. The first-order chi connectivity index (χ1) is 11.4. The Morgan fingerprint density at radius 3 is 1.54 bits per heavy atom. The van der Waals surface area contributed by atoms with Crippen molar-refractivity contribution in [1.29, 1.82) is 0 Å². The van der Waals surface area contributed by atoms with Crippen LogP contribution < -0.4 is 9.47 Å². The van der Waals surface area contributed by atoms with Crippen molar-refractivity contribution in [3.8, 4) is 11.5 Å². The minimum Gasteiger partial charge on any atom is -0.427 e. The number of carbonyl (C=O) groups excluding carboxylic acids is 3. The summed E-state index contributed by atoms with van der Waals surface area (Å²) in [5.41, 5.74) is 1.72. The van der Waals surface area contributed by atoms with Crippen molar-refractivity contribution in [3.63, 3.8) is 0 Å². The van der Waals surface area contributed by atoms with Gasteiger partial charge in [-0.15, -0.1) is 0 Å². The highest BCUT2D eigenvalue weighted by Gasteiger charge is 1.97. The molecule has 0 heterocycles. The van der Waals surface area contributed by atoms with Crippen LogP contribution in [0.4, 0.5) is 0 Å². The number of benzene rings is 2. The quantitative estimate of drug-likeness (QED) is 0.291. The fourth-order valence-corrected chi connectivity index (χ4v) is 1.97. The van der Waals surface area contributed by atoms with E-state index in [1.165, 1.54) is 13.8 Å². The van der Waals surface area contributed by atoms with Gasteiger partial charge in [0.15, 0.2) is 0 Å². The summed E-state index contributed by atoms with van der Waals surface area (Å²) < 4.78 is 9.62. The zero-order valence-electron chi connectivity index (χ0n) is 13.3. The lowest BCUT2D eigenvalue weighted by Gasteiger charge is -2.00. The Morgan fingerprint density at radius 2 is 1.23 bits per heavy atom. The van der Waals surface area contributed by atoms with Gasteiger partial charge in [-0.25, -0.2) is 0 Å². The monoisotopic (exact) mass is 424 g/mol. The number of aldehydes is 1. The second kappa shape index (κ2) is 13.8. The Hall–Kier alpha value is -2.47. The van der Waals surface area contributed by atoms with Crippen LogP contribution in [0.3, 0.4) is 0 Å². The molecule has 0 unspecified atom stereocenters. The van der Waals surface area contributed by atoms with Gasteiger partial charge in [0, 0.05) is 24.7 Å². The second-order valence-electron chi connectivity index (χ2n) is 4.65. The molecule has 0 aliphatic rings. The molecular weight excluding hydrogens is 400 g/mol. The SMILES string of the molecule is C.C.CC(=O)Oc1ccc(C=O)cc1.CC(=O)Oc1ccc(CBr)cc1. The summed E-state index contributed by atoms with van der Waals surface area (Å²) in [5, 5.41) is 0.813. The lowest BCUT2D eigenvalue weighted by molar-refractivity contribution is -0.132. The fraction of sp³-hybridized carbons (Fsp3) is 0.250. The molecule has 26 heavy (non-hydrogen) atoms. The molecule has 2 aromatic rings. The van der Waals surface area contributed by atoms with Crippen molar-refractivity contribution < 1.29 is 23.9 Å². The molecule has 0 aliphatic heterocycles. The summed E-state index contributed by atoms with van der Waals surface area (Å²) in [6, 6.07) is 13.7. The van der Waals surface area contributed by atoms with Crippen LogP contribution in [0.2, 0.25) is 0 Å². The van der Waals surface area contributed by atoms with Gasteiger partial charge in [0.2, 0.25) is 0 Å². The minimum atomic E-state index is -0.367. The number of hydrogen-bond acceptors (Lipinski definition) is 5. The first kappa shape index (κ1) is 25.8. The standard InChI is InChI=1S/C9H9BrO2.C9H8O3.2CH4/c2*1-7(11)12-9-4-2-8(6-10)3-5-9;;/h2-5H,6H2,1H3;2-6H,1H3;2*1H4. The molecule has 2 aromatic carbocycles. The Morgan fingerprint density at radius 1 is 0.846 bits per heavy atom. The highest BCUT2D eigenvalue weighted by atomic mass is 79.9. The predicted octanol–water partition coefficient (Wildman–Crippen LogP) is 5.20. The van der Waals surface area contributed by atoms with Gasteiger partial charge < -0.3 is 9.47 Å². The third kappa shape index (κ3) is 10.4. The van der Waals surface area contributed by atoms with Gasteiger partial charge in [-0.3, -0.25) is 14.4 Å². The number of hydrogen-bond donors (Lipinski definition) is 0. The van der Waals surface area contributed by atoms with Crippen LogP contribution in [0.25, 0.3) is 0 Å². The fourth-order valence-electron chi connectivity index (χ4n) is 1.59. The normalized spacial score (nSPS) is 8.58. The molecule has 0 aromatic heterocycles. The molecule has 6 heteroatoms. The van der Waals surface area contributed by atoms with E-state index in [2.05, 4.69) is 15.9 Å². The van der Waals surface area contributed by atoms with E-state index in [9.17, 15) is 14.4 Å². The maximum atomic E-state index is 10.5. The number of alkyl halides is 1. The van der Waals surface area contributed by atoms with Crippen LogP contribution in [0.1, 0.15) is 44.6 Å². The zero-order valence-corrected chi connectivity index (χ0v) is 14.9. The summed E-state index contributed by atoms with van der Waals surface area (Å²) in [4.78, 5) is 31.2. The van der Waals surface area contributed by atoms with Crippen LogP contribution in [-0.4, -0.2) is 18.2 Å². The minimum absolute atomic E-state index is 0. The van der Waals surface area contributed by atoms with Gasteiger partial charge in [0.05, 0.1) is 0 Å². The maximum absolute atomic E-state index is 10.5.